The van der Waals surface area contributed by atoms with E-state index in [4.69, 9.17) is 0 Å². The average molecular weight is 352 g/mol. The Morgan fingerprint density at radius 2 is 1.73 bits per heavy atom. The lowest BCUT2D eigenvalue weighted by Gasteiger charge is -2.14. The summed E-state index contributed by atoms with van der Waals surface area (Å²) in [5.41, 5.74) is 1.70. The van der Waals surface area contributed by atoms with Gasteiger partial charge in [-0.15, -0.1) is 0 Å². The lowest BCUT2D eigenvalue weighted by atomic mass is 10.0. The van der Waals surface area contributed by atoms with Crippen molar-refractivity contribution < 1.29 is 14.7 Å². The molecular weight excluding hydrogens is 328 g/mol. The van der Waals surface area contributed by atoms with E-state index in [1.165, 1.54) is 12.1 Å². The third-order valence-corrected chi connectivity index (χ3v) is 4.11. The SMILES string of the molecule is CCC(CC)C(=O)Nc1cc(NC(=O)/C=C/c2ccccc2)ccc1O. The van der Waals surface area contributed by atoms with E-state index in [-0.39, 0.29) is 29.2 Å². The molecule has 0 saturated carbocycles. The van der Waals surface area contributed by atoms with Crippen molar-refractivity contribution in [2.45, 2.75) is 26.7 Å². The van der Waals surface area contributed by atoms with Crippen LogP contribution in [0.2, 0.25) is 0 Å². The highest BCUT2D eigenvalue weighted by molar-refractivity contribution is 6.02. The molecule has 0 aromatic heterocycles. The van der Waals surface area contributed by atoms with Gasteiger partial charge in [0.1, 0.15) is 5.75 Å². The first-order chi connectivity index (χ1) is 12.5. The first-order valence-corrected chi connectivity index (χ1v) is 8.71. The molecule has 0 aliphatic carbocycles. The minimum atomic E-state index is -0.295. The third kappa shape index (κ3) is 5.48. The molecule has 2 rings (SSSR count). The zero-order chi connectivity index (χ0) is 18.9. The Hall–Kier alpha value is -3.08. The summed E-state index contributed by atoms with van der Waals surface area (Å²) in [4.78, 5) is 24.3. The molecule has 0 heterocycles. The molecule has 5 nitrogen and oxygen atoms in total. The fourth-order valence-electron chi connectivity index (χ4n) is 2.53. The highest BCUT2D eigenvalue weighted by Crippen LogP contribution is 2.27. The number of phenolic OH excluding ortho intramolecular Hbond substituents is 1. The summed E-state index contributed by atoms with van der Waals surface area (Å²) in [6.45, 7) is 3.90. The number of aromatic hydroxyl groups is 1. The Balaban J connectivity index is 2.05. The van der Waals surface area contributed by atoms with Crippen molar-refractivity contribution >= 4 is 29.3 Å². The number of amides is 2. The Morgan fingerprint density at radius 3 is 2.38 bits per heavy atom. The minimum Gasteiger partial charge on any atom is -0.506 e. The fourth-order valence-corrected chi connectivity index (χ4v) is 2.53. The number of carbonyl (C=O) groups excluding carboxylic acids is 2. The number of rotatable bonds is 7. The number of nitrogens with one attached hydrogen (secondary N) is 2. The predicted molar refractivity (Wildman–Crippen MR) is 105 cm³/mol. The molecule has 0 aliphatic rings. The second-order valence-electron chi connectivity index (χ2n) is 5.97. The first kappa shape index (κ1) is 19.2. The van der Waals surface area contributed by atoms with E-state index in [0.717, 1.165) is 18.4 Å². The van der Waals surface area contributed by atoms with Crippen LogP contribution in [0.25, 0.3) is 6.08 Å². The maximum absolute atomic E-state index is 12.2. The zero-order valence-corrected chi connectivity index (χ0v) is 15.0. The second kappa shape index (κ2) is 9.42. The first-order valence-electron chi connectivity index (χ1n) is 8.71. The van der Waals surface area contributed by atoms with E-state index in [1.807, 2.05) is 44.2 Å². The molecule has 2 aromatic carbocycles. The summed E-state index contributed by atoms with van der Waals surface area (Å²) in [7, 11) is 0. The Labute approximate surface area is 153 Å². The van der Waals surface area contributed by atoms with Gasteiger partial charge in [0.2, 0.25) is 11.8 Å². The van der Waals surface area contributed by atoms with Crippen molar-refractivity contribution in [2.24, 2.45) is 5.92 Å². The van der Waals surface area contributed by atoms with Crippen LogP contribution in [-0.2, 0) is 9.59 Å². The third-order valence-electron chi connectivity index (χ3n) is 4.11. The van der Waals surface area contributed by atoms with Crippen LogP contribution in [0.3, 0.4) is 0 Å². The molecule has 0 spiro atoms. The van der Waals surface area contributed by atoms with Gasteiger partial charge < -0.3 is 15.7 Å². The fraction of sp³-hybridized carbons (Fsp3) is 0.238. The lowest BCUT2D eigenvalue weighted by molar-refractivity contribution is -0.120. The van der Waals surface area contributed by atoms with Crippen molar-refractivity contribution in [3.8, 4) is 5.75 Å². The summed E-state index contributed by atoms with van der Waals surface area (Å²) in [5.74, 6) is -0.585. The van der Waals surface area contributed by atoms with Crippen LogP contribution in [-0.4, -0.2) is 16.9 Å². The van der Waals surface area contributed by atoms with Gasteiger partial charge in [0.15, 0.2) is 0 Å². The van der Waals surface area contributed by atoms with Gasteiger partial charge in [-0.2, -0.15) is 0 Å². The molecule has 2 aromatic rings. The zero-order valence-electron chi connectivity index (χ0n) is 15.0. The summed E-state index contributed by atoms with van der Waals surface area (Å²) in [6, 6.07) is 14.1. The monoisotopic (exact) mass is 352 g/mol. The molecule has 0 saturated heterocycles. The van der Waals surface area contributed by atoms with E-state index >= 15 is 0 Å². The van der Waals surface area contributed by atoms with E-state index in [0.29, 0.717) is 5.69 Å². The van der Waals surface area contributed by atoms with Gasteiger partial charge in [0, 0.05) is 17.7 Å². The van der Waals surface area contributed by atoms with Crippen LogP contribution in [0.4, 0.5) is 11.4 Å². The molecule has 0 radical (unpaired) electrons. The van der Waals surface area contributed by atoms with Crippen LogP contribution >= 0.6 is 0 Å². The van der Waals surface area contributed by atoms with E-state index in [9.17, 15) is 14.7 Å². The lowest BCUT2D eigenvalue weighted by Crippen LogP contribution is -2.21. The van der Waals surface area contributed by atoms with Gasteiger partial charge in [-0.25, -0.2) is 0 Å². The summed E-state index contributed by atoms with van der Waals surface area (Å²) >= 11 is 0. The van der Waals surface area contributed by atoms with Crippen LogP contribution in [0.5, 0.6) is 5.75 Å². The average Bonchev–Trinajstić information content (AvgIpc) is 2.64. The van der Waals surface area contributed by atoms with Crippen LogP contribution < -0.4 is 10.6 Å². The van der Waals surface area contributed by atoms with Crippen molar-refractivity contribution in [1.82, 2.24) is 0 Å². The van der Waals surface area contributed by atoms with Gasteiger partial charge in [0.05, 0.1) is 5.69 Å². The van der Waals surface area contributed by atoms with Gasteiger partial charge in [-0.05, 0) is 42.7 Å². The normalized spacial score (nSPS) is 10.9. The second-order valence-corrected chi connectivity index (χ2v) is 5.97. The van der Waals surface area contributed by atoms with Crippen LogP contribution in [0.1, 0.15) is 32.3 Å². The molecule has 5 heteroatoms. The van der Waals surface area contributed by atoms with Crippen molar-refractivity contribution in [3.63, 3.8) is 0 Å². The largest absolute Gasteiger partial charge is 0.506 e. The molecule has 26 heavy (non-hydrogen) atoms. The van der Waals surface area contributed by atoms with Crippen molar-refractivity contribution in [2.75, 3.05) is 10.6 Å². The molecule has 0 atom stereocenters. The van der Waals surface area contributed by atoms with Crippen molar-refractivity contribution in [1.29, 1.82) is 0 Å². The molecule has 2 amide bonds. The molecule has 3 N–H and O–H groups in total. The number of benzene rings is 2. The number of hydrogen-bond donors (Lipinski definition) is 3. The van der Waals surface area contributed by atoms with Gasteiger partial charge in [0.25, 0.3) is 0 Å². The Kier molecular flexibility index (Phi) is 6.97. The number of carbonyl (C=O) groups is 2. The molecule has 136 valence electrons. The van der Waals surface area contributed by atoms with E-state index in [2.05, 4.69) is 10.6 Å². The van der Waals surface area contributed by atoms with E-state index in [1.54, 1.807) is 18.2 Å². The molecular formula is C21H24N2O3. The topological polar surface area (TPSA) is 78.4 Å². The van der Waals surface area contributed by atoms with Gasteiger partial charge in [-0.1, -0.05) is 44.2 Å². The van der Waals surface area contributed by atoms with Crippen LogP contribution in [0, 0.1) is 5.92 Å². The number of anilines is 2. The smallest absolute Gasteiger partial charge is 0.248 e. The Morgan fingerprint density at radius 1 is 1.04 bits per heavy atom. The molecule has 0 fully saturated rings. The predicted octanol–water partition coefficient (Wildman–Crippen LogP) is 4.42. The Bertz CT molecular complexity index is 781. The molecule has 0 unspecified atom stereocenters. The summed E-state index contributed by atoms with van der Waals surface area (Å²) in [5, 5.41) is 15.4. The summed E-state index contributed by atoms with van der Waals surface area (Å²) in [6.07, 6.45) is 4.60. The summed E-state index contributed by atoms with van der Waals surface area (Å²) < 4.78 is 0. The van der Waals surface area contributed by atoms with Crippen molar-refractivity contribution in [3.05, 3.63) is 60.2 Å². The maximum Gasteiger partial charge on any atom is 0.248 e. The quantitative estimate of drug-likeness (QED) is 0.392. The van der Waals surface area contributed by atoms with E-state index < -0.39 is 0 Å². The van der Waals surface area contributed by atoms with Gasteiger partial charge >= 0.3 is 0 Å². The van der Waals surface area contributed by atoms with Gasteiger partial charge in [-0.3, -0.25) is 9.59 Å². The number of hydrogen-bond acceptors (Lipinski definition) is 3. The molecule has 0 bridgehead atoms. The maximum atomic E-state index is 12.2. The highest BCUT2D eigenvalue weighted by Gasteiger charge is 2.16. The minimum absolute atomic E-state index is 0.0397. The number of phenols is 1. The standard InChI is InChI=1S/C21H24N2O3/c1-3-16(4-2)21(26)23-18-14-17(11-12-19(18)24)22-20(25)13-10-15-8-6-5-7-9-15/h5-14,16,24H,3-4H2,1-2H3,(H,22,25)(H,23,26)/b13-10+. The van der Waals surface area contributed by atoms with Crippen LogP contribution in [0.15, 0.2) is 54.6 Å². The molecule has 0 aliphatic heterocycles. The highest BCUT2D eigenvalue weighted by atomic mass is 16.3.